The fourth-order valence-electron chi connectivity index (χ4n) is 3.09. The van der Waals surface area contributed by atoms with Gasteiger partial charge >= 0.3 is 0 Å². The first-order valence-electron chi connectivity index (χ1n) is 7.09. The lowest BCUT2D eigenvalue weighted by Gasteiger charge is -2.39. The Balaban J connectivity index is 1.74. The highest BCUT2D eigenvalue weighted by Gasteiger charge is 2.42. The fourth-order valence-corrected chi connectivity index (χ4v) is 3.09. The second-order valence-corrected chi connectivity index (χ2v) is 5.61. The van der Waals surface area contributed by atoms with E-state index in [0.717, 1.165) is 13.2 Å². The molecule has 0 spiro atoms. The maximum atomic E-state index is 12.4. The summed E-state index contributed by atoms with van der Waals surface area (Å²) >= 11 is 0. The van der Waals surface area contributed by atoms with Gasteiger partial charge in [0.15, 0.2) is 0 Å². The molecule has 0 radical (unpaired) electrons. The Morgan fingerprint density at radius 2 is 2.25 bits per heavy atom. The van der Waals surface area contributed by atoms with E-state index in [1.54, 1.807) is 12.4 Å². The molecule has 1 aromatic rings. The van der Waals surface area contributed by atoms with Crippen LogP contribution < -0.4 is 0 Å². The summed E-state index contributed by atoms with van der Waals surface area (Å²) in [6.45, 7) is 7.41. The van der Waals surface area contributed by atoms with E-state index < -0.39 is 0 Å². The molecule has 0 saturated carbocycles. The lowest BCUT2D eigenvalue weighted by atomic mass is 10.1. The molecule has 2 aliphatic heterocycles. The molecule has 2 aliphatic rings. The van der Waals surface area contributed by atoms with Gasteiger partial charge in [-0.1, -0.05) is 0 Å². The highest BCUT2D eigenvalue weighted by molar-refractivity contribution is 5.92. The van der Waals surface area contributed by atoms with Crippen LogP contribution in [-0.4, -0.2) is 70.1 Å². The lowest BCUT2D eigenvalue weighted by Crippen LogP contribution is -2.53. The number of rotatable bonds is 2. The van der Waals surface area contributed by atoms with Gasteiger partial charge < -0.3 is 9.64 Å². The quantitative estimate of drug-likeness (QED) is 0.783. The maximum Gasteiger partial charge on any atom is 0.274 e. The number of amides is 1. The van der Waals surface area contributed by atoms with E-state index in [-0.39, 0.29) is 12.0 Å². The minimum Gasteiger partial charge on any atom is -0.373 e. The summed E-state index contributed by atoms with van der Waals surface area (Å²) in [6, 6.07) is 0.766. The monoisotopic (exact) mass is 276 g/mol. The molecule has 20 heavy (non-hydrogen) atoms. The van der Waals surface area contributed by atoms with Gasteiger partial charge in [-0.2, -0.15) is 0 Å². The van der Waals surface area contributed by atoms with E-state index >= 15 is 0 Å². The van der Waals surface area contributed by atoms with Crippen LogP contribution in [0.15, 0.2) is 18.6 Å². The molecular weight excluding hydrogens is 256 g/mol. The lowest BCUT2D eigenvalue weighted by molar-refractivity contribution is -0.0582. The minimum absolute atomic E-state index is 0.0557. The zero-order valence-electron chi connectivity index (χ0n) is 11.9. The molecule has 1 amide bonds. The number of fused-ring (bicyclic) bond motifs is 1. The normalized spacial score (nSPS) is 26.9. The van der Waals surface area contributed by atoms with Crippen molar-refractivity contribution in [3.8, 4) is 0 Å². The second-order valence-electron chi connectivity index (χ2n) is 5.61. The van der Waals surface area contributed by atoms with Crippen molar-refractivity contribution in [3.63, 3.8) is 0 Å². The number of carbonyl (C=O) groups is 1. The van der Waals surface area contributed by atoms with Crippen LogP contribution >= 0.6 is 0 Å². The highest BCUT2D eigenvalue weighted by atomic mass is 16.5. The third-order valence-electron chi connectivity index (χ3n) is 4.08. The summed E-state index contributed by atoms with van der Waals surface area (Å²) in [5, 5.41) is 0. The number of hydrogen-bond acceptors (Lipinski definition) is 5. The number of aromatic nitrogens is 2. The van der Waals surface area contributed by atoms with Gasteiger partial charge in [0.2, 0.25) is 0 Å². The van der Waals surface area contributed by atoms with E-state index in [1.807, 2.05) is 4.90 Å². The number of nitrogens with zero attached hydrogens (tertiary/aromatic N) is 4. The molecule has 6 nitrogen and oxygen atoms in total. The van der Waals surface area contributed by atoms with Crippen LogP contribution in [0.3, 0.4) is 0 Å². The van der Waals surface area contributed by atoms with Crippen LogP contribution in [0.5, 0.6) is 0 Å². The summed E-state index contributed by atoms with van der Waals surface area (Å²) in [5.74, 6) is -0.0557. The van der Waals surface area contributed by atoms with Crippen molar-refractivity contribution in [1.82, 2.24) is 19.8 Å². The number of likely N-dealkylation sites (tertiary alicyclic amines) is 1. The molecule has 2 fully saturated rings. The molecule has 0 N–H and O–H groups in total. The van der Waals surface area contributed by atoms with E-state index in [0.29, 0.717) is 30.9 Å². The molecule has 0 unspecified atom stereocenters. The van der Waals surface area contributed by atoms with E-state index in [4.69, 9.17) is 4.74 Å². The number of hydrogen-bond donors (Lipinski definition) is 0. The average molecular weight is 276 g/mol. The van der Waals surface area contributed by atoms with Gasteiger partial charge in [0.05, 0.1) is 24.9 Å². The predicted molar refractivity (Wildman–Crippen MR) is 73.3 cm³/mol. The van der Waals surface area contributed by atoms with Gasteiger partial charge in [-0.15, -0.1) is 0 Å². The summed E-state index contributed by atoms with van der Waals surface area (Å²) in [6.07, 6.45) is 4.76. The topological polar surface area (TPSA) is 58.6 Å². The minimum atomic E-state index is -0.0557. The Morgan fingerprint density at radius 3 is 2.95 bits per heavy atom. The largest absolute Gasteiger partial charge is 0.373 e. The van der Waals surface area contributed by atoms with E-state index in [2.05, 4.69) is 28.7 Å². The fraction of sp³-hybridized carbons (Fsp3) is 0.643. The van der Waals surface area contributed by atoms with Gasteiger partial charge in [-0.3, -0.25) is 14.7 Å². The third-order valence-corrected chi connectivity index (χ3v) is 4.08. The second kappa shape index (κ2) is 5.46. The van der Waals surface area contributed by atoms with Crippen LogP contribution in [0.2, 0.25) is 0 Å². The molecule has 3 heterocycles. The van der Waals surface area contributed by atoms with E-state index in [9.17, 15) is 4.79 Å². The molecule has 108 valence electrons. The van der Waals surface area contributed by atoms with Gasteiger partial charge in [0.25, 0.3) is 5.91 Å². The van der Waals surface area contributed by atoms with Gasteiger partial charge in [-0.05, 0) is 13.8 Å². The van der Waals surface area contributed by atoms with Crippen molar-refractivity contribution in [2.45, 2.75) is 32.0 Å². The number of ether oxygens (including phenoxy) is 1. The molecule has 6 heteroatoms. The first-order valence-corrected chi connectivity index (χ1v) is 7.09. The Kier molecular flexibility index (Phi) is 3.67. The standard InChI is InChI=1S/C14H20N4O2/c1-10(2)18-5-6-20-13-9-17(8-12(13)18)14(19)11-7-15-3-4-16-11/h3-4,7,10,12-13H,5-6,8-9H2,1-2H3/t12-,13-/m0/s1. The van der Waals surface area contributed by atoms with Gasteiger partial charge in [0, 0.05) is 38.1 Å². The molecule has 1 aromatic heterocycles. The summed E-state index contributed by atoms with van der Waals surface area (Å²) in [5.41, 5.74) is 0.405. The van der Waals surface area contributed by atoms with Gasteiger partial charge in [-0.25, -0.2) is 4.98 Å². The summed E-state index contributed by atoms with van der Waals surface area (Å²) in [4.78, 5) is 24.7. The Morgan fingerprint density at radius 1 is 1.40 bits per heavy atom. The first kappa shape index (κ1) is 13.5. The van der Waals surface area contributed by atoms with Crippen molar-refractivity contribution >= 4 is 5.91 Å². The molecule has 3 rings (SSSR count). The highest BCUT2D eigenvalue weighted by Crippen LogP contribution is 2.25. The number of carbonyl (C=O) groups excluding carboxylic acids is 1. The van der Waals surface area contributed by atoms with Crippen LogP contribution in [0.4, 0.5) is 0 Å². The molecule has 2 atom stereocenters. The molecule has 0 aliphatic carbocycles. The predicted octanol–water partition coefficient (Wildman–Crippen LogP) is 0.410. The number of morpholine rings is 1. The van der Waals surface area contributed by atoms with Crippen LogP contribution in [0.25, 0.3) is 0 Å². The Labute approximate surface area is 118 Å². The molecule has 2 saturated heterocycles. The third kappa shape index (κ3) is 2.41. The van der Waals surface area contributed by atoms with Crippen LogP contribution in [0.1, 0.15) is 24.3 Å². The van der Waals surface area contributed by atoms with Gasteiger partial charge in [0.1, 0.15) is 5.69 Å². The van der Waals surface area contributed by atoms with Crippen LogP contribution in [-0.2, 0) is 4.74 Å². The maximum absolute atomic E-state index is 12.4. The molecular formula is C14H20N4O2. The smallest absolute Gasteiger partial charge is 0.274 e. The van der Waals surface area contributed by atoms with E-state index in [1.165, 1.54) is 6.20 Å². The Bertz CT molecular complexity index is 479. The molecule has 0 bridgehead atoms. The van der Waals surface area contributed by atoms with Crippen molar-refractivity contribution < 1.29 is 9.53 Å². The van der Waals surface area contributed by atoms with Crippen molar-refractivity contribution in [2.24, 2.45) is 0 Å². The summed E-state index contributed by atoms with van der Waals surface area (Å²) < 4.78 is 5.83. The van der Waals surface area contributed by atoms with Crippen molar-refractivity contribution in [2.75, 3.05) is 26.2 Å². The summed E-state index contributed by atoms with van der Waals surface area (Å²) in [7, 11) is 0. The first-order chi connectivity index (χ1) is 9.66. The zero-order chi connectivity index (χ0) is 14.1. The molecule has 0 aromatic carbocycles. The van der Waals surface area contributed by atoms with Crippen LogP contribution in [0, 0.1) is 0 Å². The van der Waals surface area contributed by atoms with Crippen molar-refractivity contribution in [1.29, 1.82) is 0 Å². The Hall–Kier alpha value is -1.53. The average Bonchev–Trinajstić information content (AvgIpc) is 2.90. The SMILES string of the molecule is CC(C)N1CCO[C@H]2CN(C(=O)c3cnccn3)C[C@@H]21. The zero-order valence-corrected chi connectivity index (χ0v) is 11.9. The van der Waals surface area contributed by atoms with Crippen molar-refractivity contribution in [3.05, 3.63) is 24.3 Å².